The first-order chi connectivity index (χ1) is 13.4. The first-order valence-corrected chi connectivity index (χ1v) is 14.9. The Balaban J connectivity index is 0.00000784. The summed E-state index contributed by atoms with van der Waals surface area (Å²) in [5, 5.41) is 12.3. The van der Waals surface area contributed by atoms with E-state index < -0.39 is 14.0 Å². The van der Waals surface area contributed by atoms with Crippen LogP contribution in [0, 0.1) is 0 Å². The molecule has 0 aliphatic heterocycles. The van der Waals surface area contributed by atoms with Crippen LogP contribution in [0.3, 0.4) is 0 Å². The summed E-state index contributed by atoms with van der Waals surface area (Å²) in [7, 11) is -1.03. The Bertz CT molecular complexity index is 534. The number of carboxylic acid groups (broad SMARTS) is 1. The van der Waals surface area contributed by atoms with Crippen molar-refractivity contribution in [2.75, 3.05) is 11.9 Å². The van der Waals surface area contributed by atoms with Gasteiger partial charge in [-0.25, -0.2) is 4.79 Å². The van der Waals surface area contributed by atoms with Crippen molar-refractivity contribution in [3.05, 3.63) is 29.8 Å². The SMILES string of the molecule is CCCCCCCCCCC[Si](C)(C)CCCCNc1ccc(C(=O)O)cc1.[NaH]. The third-order valence-electron chi connectivity index (χ3n) is 5.70. The first kappa shape index (κ1) is 28.7. The molecule has 0 spiro atoms. The topological polar surface area (TPSA) is 49.3 Å². The third kappa shape index (κ3) is 15.2. The number of hydrogen-bond donors (Lipinski definition) is 2. The molecule has 0 heterocycles. The summed E-state index contributed by atoms with van der Waals surface area (Å²) >= 11 is 0. The monoisotopic (exact) mass is 429 g/mol. The fourth-order valence-electron chi connectivity index (χ4n) is 3.73. The second kappa shape index (κ2) is 17.4. The Morgan fingerprint density at radius 3 is 1.83 bits per heavy atom. The number of anilines is 1. The van der Waals surface area contributed by atoms with Crippen LogP contribution in [-0.2, 0) is 0 Å². The second-order valence-corrected chi connectivity index (χ2v) is 14.3. The molecule has 0 atom stereocenters. The molecule has 0 aliphatic rings. The van der Waals surface area contributed by atoms with Crippen LogP contribution in [0.25, 0.3) is 0 Å². The van der Waals surface area contributed by atoms with Crippen molar-refractivity contribution in [3.8, 4) is 0 Å². The number of carboxylic acids is 1. The zero-order valence-corrected chi connectivity index (χ0v) is 19.6. The number of unbranched alkanes of at least 4 members (excludes halogenated alkanes) is 9. The number of carbonyl (C=O) groups is 1. The summed E-state index contributed by atoms with van der Waals surface area (Å²) in [4.78, 5) is 10.9. The molecule has 0 bridgehead atoms. The Labute approximate surface area is 202 Å². The molecule has 29 heavy (non-hydrogen) atoms. The average molecular weight is 430 g/mol. The van der Waals surface area contributed by atoms with E-state index >= 15 is 0 Å². The standard InChI is InChI=1S/C24H43NO2Si.Na.H/c1-4-5-6-7-8-9-10-11-13-20-28(2,3)21-14-12-19-25-23-17-15-22(16-18-23)24(26)27;;/h15-18,25H,4-14,19-21H2,1-3H3,(H,26,27);;. The van der Waals surface area contributed by atoms with Crippen LogP contribution in [0.4, 0.5) is 5.69 Å². The van der Waals surface area contributed by atoms with Gasteiger partial charge in [-0.1, -0.05) is 96.3 Å². The molecule has 2 N–H and O–H groups in total. The van der Waals surface area contributed by atoms with Crippen molar-refractivity contribution in [3.63, 3.8) is 0 Å². The Morgan fingerprint density at radius 1 is 0.828 bits per heavy atom. The van der Waals surface area contributed by atoms with Crippen LogP contribution >= 0.6 is 0 Å². The van der Waals surface area contributed by atoms with Crippen LogP contribution in [0.15, 0.2) is 24.3 Å². The van der Waals surface area contributed by atoms with E-state index in [1.54, 1.807) is 12.1 Å². The second-order valence-electron chi connectivity index (χ2n) is 9.01. The third-order valence-corrected chi connectivity index (χ3v) is 9.11. The van der Waals surface area contributed by atoms with E-state index in [4.69, 9.17) is 5.11 Å². The molecule has 162 valence electrons. The van der Waals surface area contributed by atoms with Gasteiger partial charge in [0.2, 0.25) is 0 Å². The van der Waals surface area contributed by atoms with E-state index in [0.29, 0.717) is 5.56 Å². The van der Waals surface area contributed by atoms with Crippen LogP contribution in [0.5, 0.6) is 0 Å². The van der Waals surface area contributed by atoms with Gasteiger partial charge >= 0.3 is 35.5 Å². The quantitative estimate of drug-likeness (QED) is 0.204. The zero-order valence-electron chi connectivity index (χ0n) is 18.6. The van der Waals surface area contributed by atoms with E-state index in [0.717, 1.165) is 12.2 Å². The van der Waals surface area contributed by atoms with Crippen LogP contribution < -0.4 is 5.32 Å². The molecular weight excluding hydrogens is 385 g/mol. The van der Waals surface area contributed by atoms with Gasteiger partial charge in [0, 0.05) is 20.3 Å². The van der Waals surface area contributed by atoms with Gasteiger partial charge in [0.1, 0.15) is 0 Å². The van der Waals surface area contributed by atoms with Crippen LogP contribution in [0.2, 0.25) is 25.2 Å². The van der Waals surface area contributed by atoms with Gasteiger partial charge in [-0.15, -0.1) is 0 Å². The molecule has 0 amide bonds. The number of aromatic carboxylic acids is 1. The van der Waals surface area contributed by atoms with E-state index in [9.17, 15) is 4.79 Å². The minimum absolute atomic E-state index is 0. The summed E-state index contributed by atoms with van der Waals surface area (Å²) in [6.07, 6.45) is 15.3. The van der Waals surface area contributed by atoms with Crippen molar-refractivity contribution in [2.45, 2.75) is 103 Å². The summed E-state index contributed by atoms with van der Waals surface area (Å²) in [5.74, 6) is -0.870. The fraction of sp³-hybridized carbons (Fsp3) is 0.708. The van der Waals surface area contributed by atoms with E-state index in [-0.39, 0.29) is 29.6 Å². The molecular formula is C24H44NNaO2Si. The Kier molecular flexibility index (Phi) is 17.2. The maximum atomic E-state index is 10.9. The molecule has 0 radical (unpaired) electrons. The zero-order chi connectivity index (χ0) is 20.7. The van der Waals surface area contributed by atoms with Crippen LogP contribution in [0.1, 0.15) is 87.9 Å². The molecule has 0 aromatic heterocycles. The average Bonchev–Trinajstić information content (AvgIpc) is 2.66. The van der Waals surface area contributed by atoms with Crippen molar-refractivity contribution < 1.29 is 9.90 Å². The van der Waals surface area contributed by atoms with Gasteiger partial charge in [0.25, 0.3) is 0 Å². The summed E-state index contributed by atoms with van der Waals surface area (Å²) in [5.41, 5.74) is 1.35. The van der Waals surface area contributed by atoms with E-state index in [1.807, 2.05) is 12.1 Å². The molecule has 0 unspecified atom stereocenters. The molecule has 0 saturated carbocycles. The molecule has 0 fully saturated rings. The molecule has 1 aromatic carbocycles. The molecule has 0 aliphatic carbocycles. The minimum atomic E-state index is -1.03. The van der Waals surface area contributed by atoms with Gasteiger partial charge in [-0.2, -0.15) is 0 Å². The number of nitrogens with one attached hydrogen (secondary N) is 1. The summed E-state index contributed by atoms with van der Waals surface area (Å²) in [6, 6.07) is 9.92. The molecule has 3 nitrogen and oxygen atoms in total. The molecule has 5 heteroatoms. The summed E-state index contributed by atoms with van der Waals surface area (Å²) < 4.78 is 0. The molecule has 1 aromatic rings. The Morgan fingerprint density at radius 2 is 1.31 bits per heavy atom. The van der Waals surface area contributed by atoms with E-state index in [2.05, 4.69) is 25.3 Å². The van der Waals surface area contributed by atoms with Crippen molar-refractivity contribution in [1.82, 2.24) is 0 Å². The van der Waals surface area contributed by atoms with Gasteiger partial charge in [0.15, 0.2) is 0 Å². The van der Waals surface area contributed by atoms with E-state index in [1.165, 1.54) is 82.7 Å². The molecule has 0 saturated heterocycles. The van der Waals surface area contributed by atoms with Crippen LogP contribution in [-0.4, -0.2) is 55.3 Å². The predicted octanol–water partition coefficient (Wildman–Crippen LogP) is 7.17. The van der Waals surface area contributed by atoms with Crippen molar-refractivity contribution in [1.29, 1.82) is 0 Å². The fourth-order valence-corrected chi connectivity index (χ4v) is 6.40. The molecule has 1 rings (SSSR count). The van der Waals surface area contributed by atoms with Gasteiger partial charge in [-0.3, -0.25) is 0 Å². The number of benzene rings is 1. The number of hydrogen-bond acceptors (Lipinski definition) is 2. The van der Waals surface area contributed by atoms with Gasteiger partial charge in [0.05, 0.1) is 5.56 Å². The first-order valence-electron chi connectivity index (χ1n) is 11.5. The van der Waals surface area contributed by atoms with Gasteiger partial charge in [-0.05, 0) is 30.7 Å². The predicted molar refractivity (Wildman–Crippen MR) is 133 cm³/mol. The normalized spacial score (nSPS) is 11.1. The van der Waals surface area contributed by atoms with Gasteiger partial charge < -0.3 is 10.4 Å². The summed E-state index contributed by atoms with van der Waals surface area (Å²) in [6.45, 7) is 8.35. The van der Waals surface area contributed by atoms with Crippen molar-refractivity contribution >= 4 is 49.3 Å². The number of rotatable bonds is 17. The maximum absolute atomic E-state index is 10.9. The Hall–Kier alpha value is -0.293. The van der Waals surface area contributed by atoms with Crippen molar-refractivity contribution in [2.24, 2.45) is 0 Å².